The molecule has 5 rings (SSSR count). The van der Waals surface area contributed by atoms with Crippen molar-refractivity contribution in [2.45, 2.75) is 48.4 Å². The van der Waals surface area contributed by atoms with Gasteiger partial charge in [0.05, 0.1) is 0 Å². The lowest BCUT2D eigenvalue weighted by Gasteiger charge is -2.33. The number of hydrogen-bond donors (Lipinski definition) is 0. The Bertz CT molecular complexity index is 1250. The van der Waals surface area contributed by atoms with E-state index in [2.05, 4.69) is 14.6 Å². The molecule has 9 nitrogen and oxygen atoms in total. The maximum Gasteiger partial charge on any atom is 0.573 e. The summed E-state index contributed by atoms with van der Waals surface area (Å²) in [6.45, 7) is 2.64. The zero-order valence-electron chi connectivity index (χ0n) is 20.2. The van der Waals surface area contributed by atoms with Gasteiger partial charge in [-0.05, 0) is 66.3 Å². The third kappa shape index (κ3) is 6.63. The van der Waals surface area contributed by atoms with Crippen molar-refractivity contribution in [3.63, 3.8) is 0 Å². The monoisotopic (exact) mass is 550 g/mol. The van der Waals surface area contributed by atoms with Crippen LogP contribution in [0.25, 0.3) is 0 Å². The molecule has 0 saturated carbocycles. The molecule has 1 fully saturated rings. The van der Waals surface area contributed by atoms with Gasteiger partial charge in [-0.1, -0.05) is 0 Å². The number of alkyl halides is 3. The number of aryl methyl sites for hydroxylation is 1. The minimum absolute atomic E-state index is 0.214. The quantitative estimate of drug-likeness (QED) is 0.261. The van der Waals surface area contributed by atoms with Gasteiger partial charge < -0.3 is 29.2 Å². The van der Waals surface area contributed by atoms with Crippen LogP contribution >= 0.6 is 11.8 Å². The van der Waals surface area contributed by atoms with Crippen LogP contribution < -0.4 is 19.1 Å². The molecule has 1 aromatic heterocycles. The Kier molecular flexibility index (Phi) is 7.54. The minimum atomic E-state index is -4.69. The Morgan fingerprint density at radius 2 is 1.71 bits per heavy atom. The summed E-state index contributed by atoms with van der Waals surface area (Å²) in [6.07, 6.45) is -0.978. The van der Waals surface area contributed by atoms with Crippen molar-refractivity contribution in [2.75, 3.05) is 24.6 Å². The van der Waals surface area contributed by atoms with E-state index in [1.165, 1.54) is 18.3 Å². The fourth-order valence-electron chi connectivity index (χ4n) is 4.42. The standard InChI is InChI=1S/C25H25F3N4O5S/c26-25(27,28)37-19-5-7-21(8-6-19)38-22-10-13-30(14-11-22)17-1-3-18(4-2-17)35-16-20-9-12-31-15-23(32(33)34)29-24(31)36-20/h1-8,15,20,22H,9-14,16H2. The van der Waals surface area contributed by atoms with Crippen LogP contribution in [-0.2, 0) is 6.54 Å². The third-order valence-corrected chi connectivity index (χ3v) is 7.67. The van der Waals surface area contributed by atoms with Crippen molar-refractivity contribution in [3.8, 4) is 17.5 Å². The molecule has 38 heavy (non-hydrogen) atoms. The molecule has 0 amide bonds. The number of piperidine rings is 1. The summed E-state index contributed by atoms with van der Waals surface area (Å²) < 4.78 is 54.2. The molecular weight excluding hydrogens is 525 g/mol. The van der Waals surface area contributed by atoms with Crippen LogP contribution in [-0.4, -0.2) is 51.9 Å². The highest BCUT2D eigenvalue weighted by atomic mass is 32.2. The van der Waals surface area contributed by atoms with Crippen molar-refractivity contribution in [1.82, 2.24) is 9.55 Å². The van der Waals surface area contributed by atoms with Gasteiger partial charge in [0.25, 0.3) is 0 Å². The number of anilines is 1. The minimum Gasteiger partial charge on any atom is -0.490 e. The van der Waals surface area contributed by atoms with Crippen LogP contribution in [0.1, 0.15) is 19.3 Å². The number of rotatable bonds is 8. The number of nitro groups is 1. The van der Waals surface area contributed by atoms with Crippen molar-refractivity contribution in [2.24, 2.45) is 0 Å². The normalized spacial score (nSPS) is 18.0. The highest BCUT2D eigenvalue weighted by Crippen LogP contribution is 2.34. The molecule has 1 saturated heterocycles. The molecule has 2 aliphatic rings. The van der Waals surface area contributed by atoms with Gasteiger partial charge in [-0.15, -0.1) is 24.9 Å². The van der Waals surface area contributed by atoms with Crippen molar-refractivity contribution >= 4 is 23.3 Å². The van der Waals surface area contributed by atoms with E-state index in [0.717, 1.165) is 36.5 Å². The smallest absolute Gasteiger partial charge is 0.490 e. The molecule has 3 aromatic rings. The fraction of sp³-hybridized carbons (Fsp3) is 0.400. The highest BCUT2D eigenvalue weighted by Gasteiger charge is 2.31. The van der Waals surface area contributed by atoms with Gasteiger partial charge >= 0.3 is 18.2 Å². The van der Waals surface area contributed by atoms with Crippen LogP contribution in [0.2, 0.25) is 0 Å². The molecular formula is C25H25F3N4O5S. The van der Waals surface area contributed by atoms with Gasteiger partial charge in [-0.25, -0.2) is 0 Å². The van der Waals surface area contributed by atoms with Crippen molar-refractivity contribution in [1.29, 1.82) is 0 Å². The van der Waals surface area contributed by atoms with Crippen molar-refractivity contribution in [3.05, 3.63) is 64.8 Å². The van der Waals surface area contributed by atoms with E-state index in [0.29, 0.717) is 30.6 Å². The molecule has 0 spiro atoms. The number of aromatic nitrogens is 2. The summed E-state index contributed by atoms with van der Waals surface area (Å²) >= 11 is 1.67. The second kappa shape index (κ2) is 11.0. The first-order valence-electron chi connectivity index (χ1n) is 12.1. The summed E-state index contributed by atoms with van der Waals surface area (Å²) in [4.78, 5) is 17.5. The first-order chi connectivity index (χ1) is 18.2. The predicted molar refractivity (Wildman–Crippen MR) is 134 cm³/mol. The van der Waals surface area contributed by atoms with E-state index in [4.69, 9.17) is 9.47 Å². The third-order valence-electron chi connectivity index (χ3n) is 6.32. The van der Waals surface area contributed by atoms with E-state index in [9.17, 15) is 23.3 Å². The fourth-order valence-corrected chi connectivity index (χ4v) is 5.55. The number of hydrogen-bond acceptors (Lipinski definition) is 8. The number of halogens is 3. The van der Waals surface area contributed by atoms with Crippen LogP contribution in [0.15, 0.2) is 59.6 Å². The molecule has 2 aromatic carbocycles. The molecule has 2 aliphatic heterocycles. The summed E-state index contributed by atoms with van der Waals surface area (Å²) in [6, 6.07) is 14.1. The Hall–Kier alpha value is -3.61. The number of ether oxygens (including phenoxy) is 3. The lowest BCUT2D eigenvalue weighted by Crippen LogP contribution is -2.34. The maximum atomic E-state index is 12.3. The zero-order chi connectivity index (χ0) is 26.7. The average molecular weight is 551 g/mol. The molecule has 1 atom stereocenters. The Morgan fingerprint density at radius 1 is 1.03 bits per heavy atom. The lowest BCUT2D eigenvalue weighted by molar-refractivity contribution is -0.389. The molecule has 0 aliphatic carbocycles. The first kappa shape index (κ1) is 26.0. The zero-order valence-corrected chi connectivity index (χ0v) is 21.0. The van der Waals surface area contributed by atoms with Gasteiger partial charge in [-0.2, -0.15) is 0 Å². The van der Waals surface area contributed by atoms with Crippen LogP contribution in [0.5, 0.6) is 17.5 Å². The van der Waals surface area contributed by atoms with E-state index in [1.807, 2.05) is 24.3 Å². The van der Waals surface area contributed by atoms with Crippen LogP contribution in [0.3, 0.4) is 0 Å². The lowest BCUT2D eigenvalue weighted by atomic mass is 10.1. The molecule has 0 N–H and O–H groups in total. The van der Waals surface area contributed by atoms with Gasteiger partial charge in [0.1, 0.15) is 30.4 Å². The van der Waals surface area contributed by atoms with Gasteiger partial charge in [0.15, 0.2) is 0 Å². The average Bonchev–Trinajstić information content (AvgIpc) is 3.33. The van der Waals surface area contributed by atoms with E-state index < -0.39 is 11.3 Å². The number of fused-ring (bicyclic) bond motifs is 1. The Balaban J connectivity index is 1.06. The number of imidazole rings is 1. The van der Waals surface area contributed by atoms with Crippen LogP contribution in [0.4, 0.5) is 24.7 Å². The van der Waals surface area contributed by atoms with Crippen LogP contribution in [0, 0.1) is 10.1 Å². The maximum absolute atomic E-state index is 12.3. The van der Waals surface area contributed by atoms with E-state index in [1.54, 1.807) is 28.5 Å². The van der Waals surface area contributed by atoms with Crippen molar-refractivity contribution < 1.29 is 32.3 Å². The van der Waals surface area contributed by atoms with Gasteiger partial charge in [0.2, 0.25) is 0 Å². The summed E-state index contributed by atoms with van der Waals surface area (Å²) in [5.41, 5.74) is 1.10. The summed E-state index contributed by atoms with van der Waals surface area (Å²) in [5, 5.41) is 11.3. The molecule has 0 bridgehead atoms. The second-order valence-corrected chi connectivity index (χ2v) is 10.4. The second-order valence-electron chi connectivity index (χ2n) is 8.99. The first-order valence-corrected chi connectivity index (χ1v) is 13.0. The van der Waals surface area contributed by atoms with E-state index in [-0.39, 0.29) is 23.7 Å². The summed E-state index contributed by atoms with van der Waals surface area (Å²) in [7, 11) is 0. The molecule has 0 radical (unpaired) electrons. The largest absolute Gasteiger partial charge is 0.573 e. The number of thioether (sulfide) groups is 1. The predicted octanol–water partition coefficient (Wildman–Crippen LogP) is 5.68. The van der Waals surface area contributed by atoms with E-state index >= 15 is 0 Å². The molecule has 13 heteroatoms. The highest BCUT2D eigenvalue weighted by molar-refractivity contribution is 8.00. The topological polar surface area (TPSA) is 91.9 Å². The Morgan fingerprint density at radius 3 is 2.37 bits per heavy atom. The summed E-state index contributed by atoms with van der Waals surface area (Å²) in [5.74, 6) is 0.267. The number of nitrogens with zero attached hydrogens (tertiary/aromatic N) is 4. The molecule has 3 heterocycles. The van der Waals surface area contributed by atoms with Gasteiger partial charge in [0, 0.05) is 46.9 Å². The molecule has 202 valence electrons. The number of benzene rings is 2. The SMILES string of the molecule is O=[N+]([O-])c1cn2c(n1)OC(COc1ccc(N3CCC(Sc4ccc(OC(F)(F)F)cc4)CC3)cc1)CC2. The molecule has 1 unspecified atom stereocenters. The Labute approximate surface area is 220 Å². The van der Waals surface area contributed by atoms with Gasteiger partial charge in [-0.3, -0.25) is 4.57 Å².